The van der Waals surface area contributed by atoms with E-state index in [1.165, 1.54) is 6.21 Å². The second kappa shape index (κ2) is 3.86. The molecule has 0 aromatic carbocycles. The third kappa shape index (κ3) is 2.90. The Morgan fingerprint density at radius 3 is 2.57 bits per heavy atom. The third-order valence-corrected chi connectivity index (χ3v) is 1.84. The molecule has 0 aromatic heterocycles. The largest absolute Gasteiger partial charge is 0.444 e. The predicted molar refractivity (Wildman–Crippen MR) is 51.6 cm³/mol. The molecule has 0 unspecified atom stereocenters. The van der Waals surface area contributed by atoms with E-state index >= 15 is 0 Å². The molecule has 80 valence electrons. The summed E-state index contributed by atoms with van der Waals surface area (Å²) in [6.07, 6.45) is 1.13. The lowest BCUT2D eigenvalue weighted by atomic mass is 10.0. The molecule has 1 rings (SSSR count). The van der Waals surface area contributed by atoms with Gasteiger partial charge < -0.3 is 14.8 Å². The molecule has 5 nitrogen and oxygen atoms in total. The molecule has 1 aliphatic heterocycles. The van der Waals surface area contributed by atoms with Crippen LogP contribution in [0.4, 0.5) is 4.79 Å². The maximum Gasteiger partial charge on any atom is 0.410 e. The van der Waals surface area contributed by atoms with Crippen LogP contribution in [0.5, 0.6) is 0 Å². The number of likely N-dealkylation sites (tertiary alicyclic amines) is 1. The van der Waals surface area contributed by atoms with E-state index in [1.807, 2.05) is 20.8 Å². The fourth-order valence-electron chi connectivity index (χ4n) is 1.18. The van der Waals surface area contributed by atoms with E-state index in [9.17, 15) is 4.79 Å². The smallest absolute Gasteiger partial charge is 0.410 e. The summed E-state index contributed by atoms with van der Waals surface area (Å²) in [4.78, 5) is 13.0. The van der Waals surface area contributed by atoms with Crippen molar-refractivity contribution in [2.24, 2.45) is 11.1 Å². The molecule has 1 fully saturated rings. The molecule has 1 amide bonds. The van der Waals surface area contributed by atoms with Crippen LogP contribution in [0, 0.1) is 5.92 Å². The first-order chi connectivity index (χ1) is 6.42. The summed E-state index contributed by atoms with van der Waals surface area (Å²) in [6.45, 7) is 6.63. The number of hydrogen-bond acceptors (Lipinski definition) is 4. The second-order valence-electron chi connectivity index (χ2n) is 4.41. The molecule has 5 heteroatoms. The summed E-state index contributed by atoms with van der Waals surface area (Å²) in [5, 5.41) is 11.2. The minimum Gasteiger partial charge on any atom is -0.444 e. The molecule has 1 heterocycles. The number of ether oxygens (including phenoxy) is 1. The second-order valence-corrected chi connectivity index (χ2v) is 4.41. The number of carbonyl (C=O) groups excluding carboxylic acids is 1. The Balaban J connectivity index is 2.30. The van der Waals surface area contributed by atoms with E-state index in [1.54, 1.807) is 4.90 Å². The van der Waals surface area contributed by atoms with Gasteiger partial charge in [0.2, 0.25) is 0 Å². The van der Waals surface area contributed by atoms with Gasteiger partial charge in [0.15, 0.2) is 0 Å². The Labute approximate surface area is 83.3 Å². The first-order valence-corrected chi connectivity index (χ1v) is 4.58. The Morgan fingerprint density at radius 2 is 2.14 bits per heavy atom. The van der Waals surface area contributed by atoms with Gasteiger partial charge in [-0.25, -0.2) is 4.79 Å². The molecule has 1 N–H and O–H groups in total. The van der Waals surface area contributed by atoms with E-state index in [4.69, 9.17) is 9.94 Å². The van der Waals surface area contributed by atoms with Gasteiger partial charge in [0.25, 0.3) is 0 Å². The van der Waals surface area contributed by atoms with Crippen LogP contribution < -0.4 is 0 Å². The molecule has 0 aliphatic carbocycles. The number of nitrogens with zero attached hydrogens (tertiary/aromatic N) is 2. The summed E-state index contributed by atoms with van der Waals surface area (Å²) >= 11 is 0. The Morgan fingerprint density at radius 1 is 1.57 bits per heavy atom. The lowest BCUT2D eigenvalue weighted by Crippen LogP contribution is -2.52. The minimum atomic E-state index is -0.451. The van der Waals surface area contributed by atoms with E-state index < -0.39 is 5.60 Å². The number of rotatable bonds is 1. The maximum atomic E-state index is 11.4. The minimum absolute atomic E-state index is 0.160. The van der Waals surface area contributed by atoms with Crippen molar-refractivity contribution >= 4 is 12.3 Å². The molecule has 0 aromatic rings. The zero-order chi connectivity index (χ0) is 10.8. The third-order valence-electron chi connectivity index (χ3n) is 1.84. The van der Waals surface area contributed by atoms with Crippen LogP contribution in [0.3, 0.4) is 0 Å². The Bertz CT molecular complexity index is 239. The molecule has 0 atom stereocenters. The molecule has 0 saturated carbocycles. The van der Waals surface area contributed by atoms with Crippen LogP contribution in [0.2, 0.25) is 0 Å². The van der Waals surface area contributed by atoms with Gasteiger partial charge in [-0.2, -0.15) is 0 Å². The van der Waals surface area contributed by atoms with Crippen molar-refractivity contribution in [3.05, 3.63) is 0 Å². The van der Waals surface area contributed by atoms with Gasteiger partial charge in [0, 0.05) is 19.0 Å². The van der Waals surface area contributed by atoms with Crippen molar-refractivity contribution in [3.63, 3.8) is 0 Å². The fourth-order valence-corrected chi connectivity index (χ4v) is 1.18. The van der Waals surface area contributed by atoms with Crippen LogP contribution in [-0.2, 0) is 4.74 Å². The SMILES string of the molecule is CC(C)(C)OC(=O)N1CC(/C=N/O)C1. The number of amides is 1. The fraction of sp³-hybridized carbons (Fsp3) is 0.778. The zero-order valence-electron chi connectivity index (χ0n) is 8.73. The predicted octanol–water partition coefficient (Wildman–Crippen LogP) is 1.31. The van der Waals surface area contributed by atoms with E-state index in [-0.39, 0.29) is 12.0 Å². The molecule has 14 heavy (non-hydrogen) atoms. The zero-order valence-corrected chi connectivity index (χ0v) is 8.73. The van der Waals surface area contributed by atoms with Crippen LogP contribution in [-0.4, -0.2) is 41.1 Å². The van der Waals surface area contributed by atoms with Crippen molar-refractivity contribution in [2.45, 2.75) is 26.4 Å². The molecule has 0 radical (unpaired) electrons. The summed E-state index contributed by atoms with van der Waals surface area (Å²) in [7, 11) is 0. The molecule has 1 saturated heterocycles. The van der Waals surface area contributed by atoms with E-state index in [2.05, 4.69) is 5.16 Å². The van der Waals surface area contributed by atoms with Crippen molar-refractivity contribution in [1.82, 2.24) is 4.90 Å². The average Bonchev–Trinajstić information content (AvgIpc) is 1.91. The van der Waals surface area contributed by atoms with Crippen molar-refractivity contribution in [3.8, 4) is 0 Å². The highest BCUT2D eigenvalue weighted by molar-refractivity contribution is 5.72. The average molecular weight is 200 g/mol. The normalized spacial score (nSPS) is 18.4. The number of carbonyl (C=O) groups is 1. The molecule has 1 aliphatic rings. The first kappa shape index (κ1) is 10.8. The van der Waals surface area contributed by atoms with Crippen molar-refractivity contribution in [1.29, 1.82) is 0 Å². The number of hydrogen-bond donors (Lipinski definition) is 1. The number of oxime groups is 1. The van der Waals surface area contributed by atoms with Gasteiger partial charge in [-0.15, -0.1) is 5.16 Å². The molecular weight excluding hydrogens is 184 g/mol. The first-order valence-electron chi connectivity index (χ1n) is 4.58. The van der Waals surface area contributed by atoms with E-state index in [0.29, 0.717) is 13.1 Å². The van der Waals surface area contributed by atoms with Gasteiger partial charge in [-0.3, -0.25) is 0 Å². The summed E-state index contributed by atoms with van der Waals surface area (Å²) < 4.78 is 5.15. The standard InChI is InChI=1S/C9H16N2O3/c1-9(2,3)14-8(12)11-5-7(6-11)4-10-13/h4,7,13H,5-6H2,1-3H3/b10-4+. The maximum absolute atomic E-state index is 11.4. The Kier molecular flexibility index (Phi) is 2.98. The van der Waals surface area contributed by atoms with Crippen molar-refractivity contribution in [2.75, 3.05) is 13.1 Å². The summed E-state index contributed by atoms with van der Waals surface area (Å²) in [5.74, 6) is 0.160. The van der Waals surface area contributed by atoms with Gasteiger partial charge >= 0.3 is 6.09 Å². The highest BCUT2D eigenvalue weighted by atomic mass is 16.6. The van der Waals surface area contributed by atoms with Gasteiger partial charge in [0.1, 0.15) is 5.60 Å². The monoisotopic (exact) mass is 200 g/mol. The quantitative estimate of drug-likeness (QED) is 0.394. The Hall–Kier alpha value is -1.26. The summed E-state index contributed by atoms with van der Waals surface area (Å²) in [6, 6.07) is 0. The van der Waals surface area contributed by atoms with Crippen LogP contribution >= 0.6 is 0 Å². The highest BCUT2D eigenvalue weighted by Gasteiger charge is 2.32. The topological polar surface area (TPSA) is 62.1 Å². The summed E-state index contributed by atoms with van der Waals surface area (Å²) in [5.41, 5.74) is -0.451. The molecule has 0 spiro atoms. The molecular formula is C9H16N2O3. The van der Waals surface area contributed by atoms with Crippen molar-refractivity contribution < 1.29 is 14.7 Å². The van der Waals surface area contributed by atoms with Gasteiger partial charge in [0.05, 0.1) is 6.21 Å². The van der Waals surface area contributed by atoms with Crippen LogP contribution in [0.15, 0.2) is 5.16 Å². The van der Waals surface area contributed by atoms with E-state index in [0.717, 1.165) is 0 Å². The van der Waals surface area contributed by atoms with Crippen LogP contribution in [0.1, 0.15) is 20.8 Å². The van der Waals surface area contributed by atoms with Gasteiger partial charge in [-0.1, -0.05) is 0 Å². The lowest BCUT2D eigenvalue weighted by Gasteiger charge is -2.37. The highest BCUT2D eigenvalue weighted by Crippen LogP contribution is 2.17. The van der Waals surface area contributed by atoms with Gasteiger partial charge in [-0.05, 0) is 20.8 Å². The van der Waals surface area contributed by atoms with Crippen LogP contribution in [0.25, 0.3) is 0 Å². The molecule has 0 bridgehead atoms. The lowest BCUT2D eigenvalue weighted by molar-refractivity contribution is 0.00714.